The van der Waals surface area contributed by atoms with Crippen LogP contribution in [0.1, 0.15) is 41.0 Å². The highest BCUT2D eigenvalue weighted by atomic mass is 16.5. The molecule has 0 aromatic carbocycles. The van der Waals surface area contributed by atoms with E-state index in [9.17, 15) is 9.59 Å². The fourth-order valence-corrected chi connectivity index (χ4v) is 3.10. The largest absolute Gasteiger partial charge is 0.458 e. The van der Waals surface area contributed by atoms with Crippen molar-refractivity contribution in [1.29, 1.82) is 0 Å². The lowest BCUT2D eigenvalue weighted by Crippen LogP contribution is -2.42. The van der Waals surface area contributed by atoms with Crippen molar-refractivity contribution in [2.24, 2.45) is 11.3 Å². The highest BCUT2D eigenvalue weighted by Crippen LogP contribution is 2.49. The molecule has 0 saturated heterocycles. The van der Waals surface area contributed by atoms with Crippen LogP contribution in [0.2, 0.25) is 0 Å². The molecule has 0 fully saturated rings. The zero-order chi connectivity index (χ0) is 15.1. The average Bonchev–Trinajstić information content (AvgIpc) is 2.34. The molecule has 0 amide bonds. The van der Waals surface area contributed by atoms with E-state index in [1.807, 2.05) is 26.0 Å². The summed E-state index contributed by atoms with van der Waals surface area (Å²) >= 11 is 0. The van der Waals surface area contributed by atoms with Crippen molar-refractivity contribution in [3.05, 3.63) is 34.9 Å². The Bertz CT molecular complexity index is 547. The number of carbonyl (C=O) groups is 2. The van der Waals surface area contributed by atoms with Gasteiger partial charge in [0.05, 0.1) is 0 Å². The van der Waals surface area contributed by atoms with E-state index < -0.39 is 0 Å². The van der Waals surface area contributed by atoms with E-state index in [4.69, 9.17) is 4.74 Å². The maximum Gasteiger partial charge on any atom is 0.303 e. The number of hydrogen-bond donors (Lipinski definition) is 0. The van der Waals surface area contributed by atoms with E-state index in [1.54, 1.807) is 6.08 Å². The van der Waals surface area contributed by atoms with Gasteiger partial charge in [-0.25, -0.2) is 0 Å². The second-order valence-corrected chi connectivity index (χ2v) is 6.26. The Balaban J connectivity index is 2.44. The first kappa shape index (κ1) is 14.8. The van der Waals surface area contributed by atoms with Gasteiger partial charge in [-0.2, -0.15) is 0 Å². The molecule has 2 aliphatic carbocycles. The highest BCUT2D eigenvalue weighted by molar-refractivity contribution is 6.06. The van der Waals surface area contributed by atoms with E-state index in [0.29, 0.717) is 6.42 Å². The lowest BCUT2D eigenvalue weighted by molar-refractivity contribution is -0.148. The van der Waals surface area contributed by atoms with E-state index in [-0.39, 0.29) is 29.2 Å². The number of ether oxygens (including phenoxy) is 1. The number of ketones is 1. The van der Waals surface area contributed by atoms with Crippen molar-refractivity contribution in [3.63, 3.8) is 0 Å². The molecule has 2 rings (SSSR count). The van der Waals surface area contributed by atoms with Crippen LogP contribution < -0.4 is 0 Å². The van der Waals surface area contributed by atoms with Crippen LogP contribution >= 0.6 is 0 Å². The molecule has 0 saturated carbocycles. The van der Waals surface area contributed by atoms with E-state index in [1.165, 1.54) is 6.92 Å². The predicted molar refractivity (Wildman–Crippen MR) is 78.0 cm³/mol. The Morgan fingerprint density at radius 2 is 2.00 bits per heavy atom. The minimum atomic E-state index is -0.267. The number of hydrogen-bond acceptors (Lipinski definition) is 3. The Labute approximate surface area is 120 Å². The lowest BCUT2D eigenvalue weighted by atomic mass is 9.60. The molecule has 0 heterocycles. The molecule has 20 heavy (non-hydrogen) atoms. The molecule has 2 aliphatic rings. The van der Waals surface area contributed by atoms with Crippen molar-refractivity contribution in [2.45, 2.75) is 47.1 Å². The van der Waals surface area contributed by atoms with Crippen molar-refractivity contribution >= 4 is 11.8 Å². The molecule has 0 radical (unpaired) electrons. The molecule has 0 spiro atoms. The summed E-state index contributed by atoms with van der Waals surface area (Å²) in [5, 5.41) is 0. The summed E-state index contributed by atoms with van der Waals surface area (Å²) < 4.78 is 5.39. The van der Waals surface area contributed by atoms with Crippen LogP contribution in [0.25, 0.3) is 0 Å². The van der Waals surface area contributed by atoms with Gasteiger partial charge in [-0.1, -0.05) is 25.5 Å². The standard InChI is InChI=1S/C17H22O3/c1-10(2)14-9-17(5)11(3)16(20-12(4)18)7-6-13(17)8-15(14)19/h6-8,11,16H,9H2,1-5H3/t11-,16-,17+/m0/s1. The smallest absolute Gasteiger partial charge is 0.303 e. The minimum Gasteiger partial charge on any atom is -0.458 e. The molecule has 0 bridgehead atoms. The molecule has 0 aromatic rings. The van der Waals surface area contributed by atoms with Crippen molar-refractivity contribution < 1.29 is 14.3 Å². The molecular formula is C17H22O3. The lowest BCUT2D eigenvalue weighted by Gasteiger charge is -2.45. The average molecular weight is 274 g/mol. The van der Waals surface area contributed by atoms with Crippen LogP contribution in [0.3, 0.4) is 0 Å². The maximum atomic E-state index is 12.1. The number of fused-ring (bicyclic) bond motifs is 1. The van der Waals surface area contributed by atoms with Gasteiger partial charge in [0.2, 0.25) is 0 Å². The van der Waals surface area contributed by atoms with Gasteiger partial charge in [-0.15, -0.1) is 0 Å². The van der Waals surface area contributed by atoms with Gasteiger partial charge >= 0.3 is 5.97 Å². The van der Waals surface area contributed by atoms with Crippen LogP contribution in [0.5, 0.6) is 0 Å². The highest BCUT2D eigenvalue weighted by Gasteiger charge is 2.45. The summed E-state index contributed by atoms with van der Waals surface area (Å²) in [5.41, 5.74) is 2.84. The third-order valence-corrected chi connectivity index (χ3v) is 4.66. The van der Waals surface area contributed by atoms with Gasteiger partial charge in [0, 0.05) is 18.3 Å². The molecule has 0 aliphatic heterocycles. The number of rotatable bonds is 1. The Hall–Kier alpha value is -1.64. The summed E-state index contributed by atoms with van der Waals surface area (Å²) in [6.45, 7) is 9.62. The van der Waals surface area contributed by atoms with Crippen LogP contribution in [-0.2, 0) is 14.3 Å². The first-order chi connectivity index (χ1) is 9.25. The zero-order valence-electron chi connectivity index (χ0n) is 12.8. The van der Waals surface area contributed by atoms with Gasteiger partial charge in [-0.3, -0.25) is 9.59 Å². The third-order valence-electron chi connectivity index (χ3n) is 4.66. The first-order valence-electron chi connectivity index (χ1n) is 7.04. The Kier molecular flexibility index (Phi) is 3.72. The fourth-order valence-electron chi connectivity index (χ4n) is 3.10. The van der Waals surface area contributed by atoms with Gasteiger partial charge in [0.1, 0.15) is 6.10 Å². The van der Waals surface area contributed by atoms with Crippen LogP contribution in [0, 0.1) is 11.3 Å². The third kappa shape index (κ3) is 2.37. The van der Waals surface area contributed by atoms with E-state index >= 15 is 0 Å². The number of allylic oxidation sites excluding steroid dienone is 5. The maximum absolute atomic E-state index is 12.1. The van der Waals surface area contributed by atoms with Gasteiger partial charge in [-0.05, 0) is 43.6 Å². The number of esters is 1. The second kappa shape index (κ2) is 5.04. The van der Waals surface area contributed by atoms with Gasteiger partial charge in [0.25, 0.3) is 0 Å². The summed E-state index contributed by atoms with van der Waals surface area (Å²) in [6, 6.07) is 0. The fraction of sp³-hybridized carbons (Fsp3) is 0.529. The van der Waals surface area contributed by atoms with Gasteiger partial charge in [0.15, 0.2) is 5.78 Å². The Morgan fingerprint density at radius 1 is 1.35 bits per heavy atom. The topological polar surface area (TPSA) is 43.4 Å². The van der Waals surface area contributed by atoms with Crippen LogP contribution in [0.15, 0.2) is 34.9 Å². The summed E-state index contributed by atoms with van der Waals surface area (Å²) in [4.78, 5) is 23.4. The quantitative estimate of drug-likeness (QED) is 0.544. The number of carbonyl (C=O) groups excluding carboxylic acids is 2. The van der Waals surface area contributed by atoms with E-state index in [2.05, 4.69) is 13.8 Å². The molecule has 3 heteroatoms. The van der Waals surface area contributed by atoms with Crippen LogP contribution in [0.4, 0.5) is 0 Å². The predicted octanol–water partition coefficient (Wildman–Crippen LogP) is 3.37. The molecule has 108 valence electrons. The van der Waals surface area contributed by atoms with Crippen molar-refractivity contribution in [3.8, 4) is 0 Å². The molecule has 0 unspecified atom stereocenters. The van der Waals surface area contributed by atoms with Crippen LogP contribution in [-0.4, -0.2) is 17.9 Å². The SMILES string of the molecule is CC(=O)O[C@H]1C=CC2=CC(=O)C(=C(C)C)C[C@]2(C)[C@H]1C. The van der Waals surface area contributed by atoms with E-state index in [0.717, 1.165) is 16.7 Å². The minimum absolute atomic E-state index is 0.111. The molecule has 0 N–H and O–H groups in total. The summed E-state index contributed by atoms with van der Waals surface area (Å²) in [7, 11) is 0. The van der Waals surface area contributed by atoms with Crippen molar-refractivity contribution in [2.75, 3.05) is 0 Å². The second-order valence-electron chi connectivity index (χ2n) is 6.26. The summed E-state index contributed by atoms with van der Waals surface area (Å²) in [6.07, 6.45) is 6.06. The first-order valence-corrected chi connectivity index (χ1v) is 7.04. The zero-order valence-corrected chi connectivity index (χ0v) is 12.8. The molecule has 0 aromatic heterocycles. The normalized spacial score (nSPS) is 32.5. The van der Waals surface area contributed by atoms with Crippen molar-refractivity contribution in [1.82, 2.24) is 0 Å². The summed E-state index contributed by atoms with van der Waals surface area (Å²) in [5.74, 6) is -0.0118. The monoisotopic (exact) mass is 274 g/mol. The molecule has 3 nitrogen and oxygen atoms in total. The Morgan fingerprint density at radius 3 is 2.55 bits per heavy atom. The molecular weight excluding hydrogens is 252 g/mol. The molecule has 3 atom stereocenters. The van der Waals surface area contributed by atoms with Gasteiger partial charge < -0.3 is 4.74 Å².